The fourth-order valence-electron chi connectivity index (χ4n) is 0.818. The van der Waals surface area contributed by atoms with Gasteiger partial charge in [0.05, 0.1) is 11.6 Å². The van der Waals surface area contributed by atoms with Crippen LogP contribution in [-0.4, -0.2) is 18.2 Å². The Morgan fingerprint density at radius 3 is 2.54 bits per heavy atom. The summed E-state index contributed by atoms with van der Waals surface area (Å²) in [5.41, 5.74) is 1.25. The van der Waals surface area contributed by atoms with Gasteiger partial charge in [0.25, 0.3) is 0 Å². The van der Waals surface area contributed by atoms with E-state index in [1.165, 1.54) is 13.3 Å². The molecule has 0 aliphatic heterocycles. The van der Waals surface area contributed by atoms with Crippen LogP contribution in [0.5, 0.6) is 0 Å². The molecule has 0 fully saturated rings. The second-order valence-electron chi connectivity index (χ2n) is 2.33. The molecule has 0 unspecified atom stereocenters. The first-order valence-corrected chi connectivity index (χ1v) is 3.62. The third kappa shape index (κ3) is 2.49. The van der Waals surface area contributed by atoms with Crippen molar-refractivity contribution in [3.05, 3.63) is 40.6 Å². The van der Waals surface area contributed by atoms with E-state index in [1.807, 2.05) is 6.07 Å². The number of nitriles is 1. The summed E-state index contributed by atoms with van der Waals surface area (Å²) in [4.78, 5) is 4.72. The van der Waals surface area contributed by atoms with Crippen LogP contribution in [0.25, 0.3) is 0 Å². The maximum absolute atomic E-state index is 10.7. The molecule has 0 N–H and O–H groups in total. The SMILES string of the molecule is CO/[N+]([O-])=C/c1ccc(C#N)cc1. The van der Waals surface area contributed by atoms with Gasteiger partial charge in [-0.3, -0.25) is 5.21 Å². The molecule has 4 nitrogen and oxygen atoms in total. The van der Waals surface area contributed by atoms with Crippen molar-refractivity contribution in [1.29, 1.82) is 5.26 Å². The zero-order chi connectivity index (χ0) is 9.68. The first kappa shape index (κ1) is 9.07. The second-order valence-corrected chi connectivity index (χ2v) is 2.33. The van der Waals surface area contributed by atoms with Gasteiger partial charge >= 0.3 is 0 Å². The van der Waals surface area contributed by atoms with Crippen molar-refractivity contribution < 1.29 is 9.74 Å². The molecule has 0 aliphatic carbocycles. The van der Waals surface area contributed by atoms with Crippen LogP contribution in [0.4, 0.5) is 0 Å². The Bertz CT molecular complexity index is 349. The molecule has 1 aromatic rings. The number of nitrogens with zero attached hydrogens (tertiary/aromatic N) is 2. The quantitative estimate of drug-likeness (QED) is 0.384. The summed E-state index contributed by atoms with van der Waals surface area (Å²) in [7, 11) is 1.28. The standard InChI is InChI=1S/C9H8N2O2/c1-13-11(12)7-9-4-2-8(6-10)3-5-9/h2-5,7H,1H3/b11-7+. The molecule has 13 heavy (non-hydrogen) atoms. The van der Waals surface area contributed by atoms with Gasteiger partial charge in [-0.1, -0.05) is 0 Å². The Morgan fingerprint density at radius 2 is 2.08 bits per heavy atom. The number of rotatable bonds is 2. The van der Waals surface area contributed by atoms with E-state index in [-0.39, 0.29) is 0 Å². The van der Waals surface area contributed by atoms with Crippen LogP contribution < -0.4 is 0 Å². The lowest BCUT2D eigenvalue weighted by Crippen LogP contribution is -2.02. The number of hydrogen-bond donors (Lipinski definition) is 0. The first-order valence-electron chi connectivity index (χ1n) is 3.62. The van der Waals surface area contributed by atoms with Gasteiger partial charge in [0, 0.05) is 17.6 Å². The van der Waals surface area contributed by atoms with Crippen LogP contribution in [0.3, 0.4) is 0 Å². The van der Waals surface area contributed by atoms with Crippen LogP contribution in [0.15, 0.2) is 24.3 Å². The first-order chi connectivity index (χ1) is 6.26. The normalized spacial score (nSPS) is 10.6. The molecule has 1 rings (SSSR count). The summed E-state index contributed by atoms with van der Waals surface area (Å²) in [6.07, 6.45) is 1.28. The summed E-state index contributed by atoms with van der Waals surface area (Å²) in [6.45, 7) is 0. The zero-order valence-corrected chi connectivity index (χ0v) is 7.10. The third-order valence-electron chi connectivity index (χ3n) is 1.47. The molecular weight excluding hydrogens is 168 g/mol. The monoisotopic (exact) mass is 176 g/mol. The molecule has 0 heterocycles. The van der Waals surface area contributed by atoms with Crippen molar-refractivity contribution in [3.63, 3.8) is 0 Å². The van der Waals surface area contributed by atoms with Gasteiger partial charge < -0.3 is 4.84 Å². The Labute approximate surface area is 75.8 Å². The van der Waals surface area contributed by atoms with Gasteiger partial charge in [0.15, 0.2) is 0 Å². The minimum absolute atomic E-state index is 0.349. The Morgan fingerprint density at radius 1 is 1.46 bits per heavy atom. The third-order valence-corrected chi connectivity index (χ3v) is 1.47. The smallest absolute Gasteiger partial charge is 0.240 e. The van der Waals surface area contributed by atoms with E-state index in [0.29, 0.717) is 16.0 Å². The van der Waals surface area contributed by atoms with Gasteiger partial charge in [-0.05, 0) is 24.3 Å². The molecule has 0 saturated carbocycles. The average Bonchev–Trinajstić information content (AvgIpc) is 2.19. The van der Waals surface area contributed by atoms with Crippen LogP contribution in [-0.2, 0) is 4.84 Å². The molecule has 0 atom stereocenters. The fraction of sp³-hybridized carbons (Fsp3) is 0.111. The molecule has 1 aromatic carbocycles. The molecule has 0 bridgehead atoms. The maximum atomic E-state index is 10.7. The highest BCUT2D eigenvalue weighted by molar-refractivity contribution is 5.75. The van der Waals surface area contributed by atoms with E-state index >= 15 is 0 Å². The average molecular weight is 176 g/mol. The summed E-state index contributed by atoms with van der Waals surface area (Å²) in [6, 6.07) is 8.59. The highest BCUT2D eigenvalue weighted by Gasteiger charge is 1.95. The molecule has 0 spiro atoms. The van der Waals surface area contributed by atoms with Gasteiger partial charge in [-0.2, -0.15) is 5.26 Å². The van der Waals surface area contributed by atoms with Crippen molar-refractivity contribution in [2.75, 3.05) is 7.11 Å². The van der Waals surface area contributed by atoms with E-state index < -0.39 is 0 Å². The zero-order valence-electron chi connectivity index (χ0n) is 7.10. The lowest BCUT2D eigenvalue weighted by Gasteiger charge is -1.95. The molecule has 0 aromatic heterocycles. The molecule has 66 valence electrons. The highest BCUT2D eigenvalue weighted by atomic mass is 16.8. The van der Waals surface area contributed by atoms with E-state index in [2.05, 4.69) is 4.84 Å². The summed E-state index contributed by atoms with van der Waals surface area (Å²) in [5.74, 6) is 0. The van der Waals surface area contributed by atoms with Gasteiger partial charge in [0.2, 0.25) is 6.21 Å². The van der Waals surface area contributed by atoms with Crippen LogP contribution in [0.2, 0.25) is 0 Å². The van der Waals surface area contributed by atoms with E-state index in [4.69, 9.17) is 5.26 Å². The Kier molecular flexibility index (Phi) is 2.87. The molecule has 0 aliphatic rings. The number of hydrogen-bond acceptors (Lipinski definition) is 3. The molecule has 0 radical (unpaired) electrons. The summed E-state index contributed by atoms with van der Waals surface area (Å²) < 4.78 is 0. The Balaban J connectivity index is 2.88. The predicted molar refractivity (Wildman–Crippen MR) is 47.0 cm³/mol. The van der Waals surface area contributed by atoms with E-state index in [1.54, 1.807) is 24.3 Å². The molecular formula is C9H8N2O2. The van der Waals surface area contributed by atoms with Crippen molar-refractivity contribution in [1.82, 2.24) is 0 Å². The van der Waals surface area contributed by atoms with Crippen molar-refractivity contribution in [3.8, 4) is 6.07 Å². The van der Waals surface area contributed by atoms with Crippen molar-refractivity contribution in [2.24, 2.45) is 0 Å². The minimum atomic E-state index is 0.349. The lowest BCUT2D eigenvalue weighted by atomic mass is 10.2. The minimum Gasteiger partial charge on any atom is -0.407 e. The predicted octanol–water partition coefficient (Wildman–Crippen LogP) is 1.05. The second kappa shape index (κ2) is 4.12. The number of benzene rings is 1. The van der Waals surface area contributed by atoms with Crippen LogP contribution >= 0.6 is 0 Å². The van der Waals surface area contributed by atoms with Crippen molar-refractivity contribution in [2.45, 2.75) is 0 Å². The van der Waals surface area contributed by atoms with Gasteiger partial charge in [-0.15, -0.1) is 0 Å². The summed E-state index contributed by atoms with van der Waals surface area (Å²) >= 11 is 0. The van der Waals surface area contributed by atoms with Crippen LogP contribution in [0, 0.1) is 16.5 Å². The highest BCUT2D eigenvalue weighted by Crippen LogP contribution is 2.00. The van der Waals surface area contributed by atoms with Crippen molar-refractivity contribution >= 4 is 6.21 Å². The molecule has 4 heteroatoms. The fourth-order valence-corrected chi connectivity index (χ4v) is 0.818. The van der Waals surface area contributed by atoms with E-state index in [0.717, 1.165) is 0 Å². The van der Waals surface area contributed by atoms with Gasteiger partial charge in [-0.25, -0.2) is 0 Å². The van der Waals surface area contributed by atoms with E-state index in [9.17, 15) is 5.21 Å². The molecule has 0 amide bonds. The topological polar surface area (TPSA) is 59.1 Å². The largest absolute Gasteiger partial charge is 0.407 e. The molecule has 0 saturated heterocycles. The summed E-state index contributed by atoms with van der Waals surface area (Å²) in [5, 5.41) is 19.2. The Hall–Kier alpha value is -2.02. The van der Waals surface area contributed by atoms with Gasteiger partial charge in [0.1, 0.15) is 0 Å². The maximum Gasteiger partial charge on any atom is 0.240 e. The van der Waals surface area contributed by atoms with Crippen LogP contribution in [0.1, 0.15) is 11.1 Å². The lowest BCUT2D eigenvalue weighted by molar-refractivity contribution is -0.729.